The minimum absolute atomic E-state index is 0.0319. The molecular weight excluding hydrogens is 412 g/mol. The van der Waals surface area contributed by atoms with Gasteiger partial charge in [-0.25, -0.2) is 4.98 Å². The van der Waals surface area contributed by atoms with Gasteiger partial charge in [-0.2, -0.15) is 0 Å². The van der Waals surface area contributed by atoms with Crippen LogP contribution in [-0.4, -0.2) is 41.4 Å². The summed E-state index contributed by atoms with van der Waals surface area (Å²) in [5.41, 5.74) is 0.408. The van der Waals surface area contributed by atoms with Gasteiger partial charge in [-0.15, -0.1) is 0 Å². The molecule has 0 saturated heterocycles. The lowest BCUT2D eigenvalue weighted by Crippen LogP contribution is -2.14. The first-order valence-corrected chi connectivity index (χ1v) is 10.9. The van der Waals surface area contributed by atoms with Crippen molar-refractivity contribution in [3.8, 4) is 11.5 Å². The second-order valence-electron chi connectivity index (χ2n) is 6.75. The number of anilines is 1. The van der Waals surface area contributed by atoms with Crippen LogP contribution in [-0.2, 0) is 9.53 Å². The van der Waals surface area contributed by atoms with E-state index in [9.17, 15) is 9.59 Å². The minimum atomic E-state index is -0.357. The van der Waals surface area contributed by atoms with Gasteiger partial charge in [0.25, 0.3) is 5.91 Å². The average molecular weight is 439 g/mol. The first-order chi connectivity index (χ1) is 13.7. The Morgan fingerprint density at radius 3 is 2.14 bits per heavy atom. The summed E-state index contributed by atoms with van der Waals surface area (Å²) in [4.78, 5) is 28.5. The highest BCUT2D eigenvalue weighted by Gasteiger charge is 2.18. The lowest BCUT2D eigenvalue weighted by Gasteiger charge is -2.15. The number of aromatic nitrogens is 1. The van der Waals surface area contributed by atoms with Crippen molar-refractivity contribution >= 4 is 40.1 Å². The van der Waals surface area contributed by atoms with Crippen molar-refractivity contribution < 1.29 is 23.8 Å². The van der Waals surface area contributed by atoms with Gasteiger partial charge in [0.05, 0.1) is 29.7 Å². The molecule has 1 atom stereocenters. The molecule has 1 N–H and O–H groups in total. The van der Waals surface area contributed by atoms with E-state index < -0.39 is 0 Å². The molecule has 1 aromatic heterocycles. The fourth-order valence-electron chi connectivity index (χ4n) is 2.31. The Labute approximate surface area is 179 Å². The third-order valence-electron chi connectivity index (χ3n) is 3.42. The molecule has 0 saturated carbocycles. The molecule has 0 spiro atoms. The summed E-state index contributed by atoms with van der Waals surface area (Å²) >= 11 is 2.62. The van der Waals surface area contributed by atoms with Crippen molar-refractivity contribution in [2.45, 2.75) is 56.3 Å². The summed E-state index contributed by atoms with van der Waals surface area (Å²) in [6.45, 7) is 9.42. The van der Waals surface area contributed by atoms with Crippen LogP contribution in [0.5, 0.6) is 11.5 Å². The van der Waals surface area contributed by atoms with E-state index in [1.807, 2.05) is 27.7 Å². The predicted molar refractivity (Wildman–Crippen MR) is 115 cm³/mol. The van der Waals surface area contributed by atoms with E-state index in [0.29, 0.717) is 22.2 Å². The van der Waals surface area contributed by atoms with Crippen LogP contribution in [0, 0.1) is 0 Å². The lowest BCUT2D eigenvalue weighted by atomic mass is 10.2. The SMILES string of the molecule is COC(=O)C(C)Sc1cnc(NC(=O)c2cc(OC(C)C)cc(OC(C)C)c2)s1. The summed E-state index contributed by atoms with van der Waals surface area (Å²) < 4.78 is 17.0. The highest BCUT2D eigenvalue weighted by Crippen LogP contribution is 2.32. The van der Waals surface area contributed by atoms with Gasteiger partial charge < -0.3 is 14.2 Å². The molecule has 7 nitrogen and oxygen atoms in total. The number of nitrogens with one attached hydrogen (secondary N) is 1. The fraction of sp³-hybridized carbons (Fsp3) is 0.450. The maximum absolute atomic E-state index is 12.7. The van der Waals surface area contributed by atoms with Crippen molar-refractivity contribution in [3.63, 3.8) is 0 Å². The number of hydrogen-bond donors (Lipinski definition) is 1. The standard InChI is InChI=1S/C20H26N2O5S2/c1-11(2)26-15-7-14(8-16(9-15)27-12(3)4)18(23)22-20-21-10-17(29-20)28-13(5)19(24)25-6/h7-13H,1-6H3,(H,21,22,23). The Bertz CT molecular complexity index is 823. The van der Waals surface area contributed by atoms with E-state index in [-0.39, 0.29) is 29.3 Å². The zero-order valence-corrected chi connectivity index (χ0v) is 19.0. The number of hydrogen-bond acceptors (Lipinski definition) is 8. The Hall–Kier alpha value is -2.26. The molecule has 0 aliphatic rings. The quantitative estimate of drug-likeness (QED) is 0.451. The van der Waals surface area contributed by atoms with Crippen LogP contribution in [0.3, 0.4) is 0 Å². The average Bonchev–Trinajstić information content (AvgIpc) is 3.06. The van der Waals surface area contributed by atoms with Gasteiger partial charge in [0.2, 0.25) is 0 Å². The van der Waals surface area contributed by atoms with Crippen molar-refractivity contribution in [2.24, 2.45) is 0 Å². The number of amides is 1. The largest absolute Gasteiger partial charge is 0.491 e. The van der Waals surface area contributed by atoms with Crippen LogP contribution in [0.1, 0.15) is 45.0 Å². The third-order valence-corrected chi connectivity index (χ3v) is 5.55. The van der Waals surface area contributed by atoms with E-state index in [1.165, 1.54) is 30.2 Å². The Morgan fingerprint density at radius 1 is 1.03 bits per heavy atom. The van der Waals surface area contributed by atoms with Gasteiger partial charge in [0.1, 0.15) is 16.7 Å². The van der Waals surface area contributed by atoms with Gasteiger partial charge in [0.15, 0.2) is 5.13 Å². The highest BCUT2D eigenvalue weighted by molar-refractivity contribution is 8.02. The number of nitrogens with zero attached hydrogens (tertiary/aromatic N) is 1. The van der Waals surface area contributed by atoms with Gasteiger partial charge in [-0.05, 0) is 46.8 Å². The molecule has 0 bridgehead atoms. The summed E-state index contributed by atoms with van der Waals surface area (Å²) in [7, 11) is 1.35. The molecular formula is C20H26N2O5S2. The molecule has 0 aliphatic heterocycles. The van der Waals surface area contributed by atoms with Crippen molar-refractivity contribution in [1.29, 1.82) is 0 Å². The first kappa shape index (κ1) is 23.0. The molecule has 0 fully saturated rings. The van der Waals surface area contributed by atoms with Gasteiger partial charge in [0, 0.05) is 11.6 Å². The molecule has 1 amide bonds. The van der Waals surface area contributed by atoms with Crippen LogP contribution < -0.4 is 14.8 Å². The molecule has 2 aromatic rings. The number of esters is 1. The Balaban J connectivity index is 2.14. The predicted octanol–water partition coefficient (Wildman–Crippen LogP) is 4.62. The Kier molecular flexibility index (Phi) is 8.33. The molecule has 1 aromatic carbocycles. The van der Waals surface area contributed by atoms with Crippen molar-refractivity contribution in [2.75, 3.05) is 12.4 Å². The molecule has 1 unspecified atom stereocenters. The van der Waals surface area contributed by atoms with Crippen LogP contribution >= 0.6 is 23.1 Å². The number of benzene rings is 1. The third kappa shape index (κ3) is 7.25. The topological polar surface area (TPSA) is 86.8 Å². The second kappa shape index (κ2) is 10.5. The smallest absolute Gasteiger partial charge is 0.318 e. The van der Waals surface area contributed by atoms with Gasteiger partial charge in [-0.1, -0.05) is 23.1 Å². The summed E-state index contributed by atoms with van der Waals surface area (Å²) in [5.74, 6) is 0.490. The summed E-state index contributed by atoms with van der Waals surface area (Å²) in [6, 6.07) is 5.11. The highest BCUT2D eigenvalue weighted by atomic mass is 32.2. The van der Waals surface area contributed by atoms with Crippen LogP contribution in [0.4, 0.5) is 5.13 Å². The first-order valence-electron chi connectivity index (χ1n) is 9.18. The minimum Gasteiger partial charge on any atom is -0.491 e. The van der Waals surface area contributed by atoms with E-state index >= 15 is 0 Å². The maximum Gasteiger partial charge on any atom is 0.318 e. The fourth-order valence-corrected chi connectivity index (χ4v) is 4.37. The Morgan fingerprint density at radius 2 is 1.62 bits per heavy atom. The molecule has 9 heteroatoms. The van der Waals surface area contributed by atoms with Crippen LogP contribution in [0.2, 0.25) is 0 Å². The normalized spacial score (nSPS) is 12.0. The number of rotatable bonds is 9. The monoisotopic (exact) mass is 438 g/mol. The lowest BCUT2D eigenvalue weighted by molar-refractivity contribution is -0.139. The van der Waals surface area contributed by atoms with Gasteiger partial charge >= 0.3 is 5.97 Å². The van der Waals surface area contributed by atoms with Crippen LogP contribution in [0.15, 0.2) is 28.6 Å². The van der Waals surface area contributed by atoms with Crippen molar-refractivity contribution in [1.82, 2.24) is 4.98 Å². The molecule has 1 heterocycles. The molecule has 2 rings (SSSR count). The van der Waals surface area contributed by atoms with Gasteiger partial charge in [-0.3, -0.25) is 14.9 Å². The number of carbonyl (C=O) groups excluding carboxylic acids is 2. The number of methoxy groups -OCH3 is 1. The molecule has 0 aliphatic carbocycles. The zero-order valence-electron chi connectivity index (χ0n) is 17.3. The summed E-state index contributed by atoms with van der Waals surface area (Å²) in [6.07, 6.45) is 1.56. The number of ether oxygens (including phenoxy) is 3. The molecule has 158 valence electrons. The van der Waals surface area contributed by atoms with Crippen molar-refractivity contribution in [3.05, 3.63) is 30.0 Å². The number of thiazole rings is 1. The van der Waals surface area contributed by atoms with E-state index in [1.54, 1.807) is 31.3 Å². The van der Waals surface area contributed by atoms with E-state index in [4.69, 9.17) is 14.2 Å². The molecule has 0 radical (unpaired) electrons. The van der Waals surface area contributed by atoms with E-state index in [0.717, 1.165) is 4.21 Å². The number of thioether (sulfide) groups is 1. The zero-order chi connectivity index (χ0) is 21.6. The van der Waals surface area contributed by atoms with E-state index in [2.05, 4.69) is 10.3 Å². The summed E-state index contributed by atoms with van der Waals surface area (Å²) in [5, 5.41) is 2.87. The second-order valence-corrected chi connectivity index (χ2v) is 9.42. The van der Waals surface area contributed by atoms with Crippen LogP contribution in [0.25, 0.3) is 0 Å². The number of carbonyl (C=O) groups is 2. The molecule has 29 heavy (non-hydrogen) atoms. The maximum atomic E-state index is 12.7.